The molecule has 0 spiro atoms. The number of nitrogens with two attached hydrogens (primary N) is 1. The van der Waals surface area contributed by atoms with Crippen molar-refractivity contribution in [2.45, 2.75) is 26.3 Å². The van der Waals surface area contributed by atoms with Gasteiger partial charge in [0.2, 0.25) is 11.4 Å². The van der Waals surface area contributed by atoms with Crippen molar-refractivity contribution in [2.75, 3.05) is 41.7 Å². The van der Waals surface area contributed by atoms with Crippen molar-refractivity contribution >= 4 is 34.2 Å². The highest BCUT2D eigenvalue weighted by atomic mass is 16.4. The molecule has 9 nitrogen and oxygen atoms in total. The van der Waals surface area contributed by atoms with E-state index in [0.717, 1.165) is 31.9 Å². The summed E-state index contributed by atoms with van der Waals surface area (Å²) in [6, 6.07) is 5.30. The molecule has 0 unspecified atom stereocenters. The first-order valence-corrected chi connectivity index (χ1v) is 10.2. The van der Waals surface area contributed by atoms with E-state index < -0.39 is 16.9 Å². The summed E-state index contributed by atoms with van der Waals surface area (Å²) in [6.07, 6.45) is 4.89. The van der Waals surface area contributed by atoms with E-state index in [1.165, 1.54) is 6.20 Å². The Bertz CT molecular complexity index is 1190. The second-order valence-corrected chi connectivity index (χ2v) is 8.67. The maximum atomic E-state index is 12.8. The average molecular weight is 422 g/mol. The molecule has 2 aromatic heterocycles. The number of benzene rings is 1. The van der Waals surface area contributed by atoms with Gasteiger partial charge in [-0.05, 0) is 39.0 Å². The zero-order valence-corrected chi connectivity index (χ0v) is 17.9. The number of nitrogen functional groups attached to an aromatic ring is 1. The maximum absolute atomic E-state index is 12.8. The molecule has 3 N–H and O–H groups in total. The predicted molar refractivity (Wildman–Crippen MR) is 121 cm³/mol. The highest BCUT2D eigenvalue weighted by molar-refractivity contribution is 5.96. The highest BCUT2D eigenvalue weighted by Crippen LogP contribution is 2.31. The minimum absolute atomic E-state index is 0.258. The number of nitrogens with zero attached hydrogens (tertiary/aromatic N) is 5. The largest absolute Gasteiger partial charge is 0.477 e. The zero-order chi connectivity index (χ0) is 22.3. The lowest BCUT2D eigenvalue weighted by atomic mass is 10.0. The lowest BCUT2D eigenvalue weighted by Crippen LogP contribution is -2.47. The molecule has 9 heteroatoms. The number of aromatic carboxylic acids is 1. The number of carboxylic acids is 1. The highest BCUT2D eigenvalue weighted by Gasteiger charge is 2.25. The summed E-state index contributed by atoms with van der Waals surface area (Å²) >= 11 is 0. The van der Waals surface area contributed by atoms with E-state index in [1.54, 1.807) is 24.5 Å². The Kier molecular flexibility index (Phi) is 5.04. The van der Waals surface area contributed by atoms with Gasteiger partial charge in [0.25, 0.3) is 0 Å². The molecule has 1 fully saturated rings. The molecular weight excluding hydrogens is 396 g/mol. The van der Waals surface area contributed by atoms with Crippen LogP contribution in [-0.2, 0) is 5.54 Å². The number of hydrogen-bond donors (Lipinski definition) is 2. The summed E-state index contributed by atoms with van der Waals surface area (Å²) in [5, 5.41) is 9.81. The summed E-state index contributed by atoms with van der Waals surface area (Å²) in [5.41, 5.74) is 7.10. The molecule has 0 radical (unpaired) electrons. The summed E-state index contributed by atoms with van der Waals surface area (Å²) in [6.45, 7) is 8.84. The second-order valence-electron chi connectivity index (χ2n) is 8.67. The van der Waals surface area contributed by atoms with E-state index in [2.05, 4.69) is 19.8 Å². The van der Waals surface area contributed by atoms with Crippen molar-refractivity contribution in [2.24, 2.45) is 0 Å². The van der Waals surface area contributed by atoms with Gasteiger partial charge in [0.1, 0.15) is 5.56 Å². The van der Waals surface area contributed by atoms with Crippen molar-refractivity contribution in [3.8, 4) is 0 Å². The van der Waals surface area contributed by atoms with Gasteiger partial charge in [-0.25, -0.2) is 14.8 Å². The van der Waals surface area contributed by atoms with Gasteiger partial charge in [0.15, 0.2) is 0 Å². The van der Waals surface area contributed by atoms with E-state index in [-0.39, 0.29) is 5.56 Å². The van der Waals surface area contributed by atoms with Gasteiger partial charge in [0, 0.05) is 55.7 Å². The summed E-state index contributed by atoms with van der Waals surface area (Å²) in [7, 11) is 0. The van der Waals surface area contributed by atoms with Gasteiger partial charge in [-0.1, -0.05) is 0 Å². The fourth-order valence-electron chi connectivity index (χ4n) is 3.96. The number of aromatic nitrogens is 3. The Morgan fingerprint density at radius 3 is 2.26 bits per heavy atom. The maximum Gasteiger partial charge on any atom is 0.341 e. The third-order valence-corrected chi connectivity index (χ3v) is 5.56. The van der Waals surface area contributed by atoms with Crippen molar-refractivity contribution in [1.29, 1.82) is 0 Å². The summed E-state index contributed by atoms with van der Waals surface area (Å²) < 4.78 is 1.84. The molecule has 31 heavy (non-hydrogen) atoms. The zero-order valence-electron chi connectivity index (χ0n) is 17.9. The quantitative estimate of drug-likeness (QED) is 0.617. The van der Waals surface area contributed by atoms with Crippen LogP contribution >= 0.6 is 0 Å². The van der Waals surface area contributed by atoms with Crippen LogP contribution < -0.4 is 21.0 Å². The molecule has 3 aromatic rings. The molecule has 0 aliphatic carbocycles. The van der Waals surface area contributed by atoms with Gasteiger partial charge in [-0.15, -0.1) is 0 Å². The molecular formula is C22H26N6O3. The van der Waals surface area contributed by atoms with E-state index >= 15 is 0 Å². The van der Waals surface area contributed by atoms with Gasteiger partial charge in [-0.3, -0.25) is 4.79 Å². The van der Waals surface area contributed by atoms with E-state index in [9.17, 15) is 14.7 Å². The number of piperazine rings is 1. The summed E-state index contributed by atoms with van der Waals surface area (Å²) in [5.74, 6) is -0.539. The molecule has 3 heterocycles. The lowest BCUT2D eigenvalue weighted by molar-refractivity contribution is 0.0694. The van der Waals surface area contributed by atoms with Crippen LogP contribution in [0.5, 0.6) is 0 Å². The van der Waals surface area contributed by atoms with Crippen molar-refractivity contribution in [1.82, 2.24) is 14.5 Å². The molecule has 1 aliphatic heterocycles. The van der Waals surface area contributed by atoms with Crippen LogP contribution in [0.2, 0.25) is 0 Å². The van der Waals surface area contributed by atoms with Crippen LogP contribution in [-0.4, -0.2) is 51.8 Å². The Labute approximate surface area is 179 Å². The van der Waals surface area contributed by atoms with Crippen molar-refractivity contribution in [3.63, 3.8) is 0 Å². The van der Waals surface area contributed by atoms with Crippen LogP contribution in [0, 0.1) is 0 Å². The van der Waals surface area contributed by atoms with Gasteiger partial charge < -0.3 is 25.2 Å². The molecule has 1 aliphatic rings. The Morgan fingerprint density at radius 2 is 1.68 bits per heavy atom. The van der Waals surface area contributed by atoms with Crippen LogP contribution in [0.3, 0.4) is 0 Å². The summed E-state index contributed by atoms with van der Waals surface area (Å²) in [4.78, 5) is 37.4. The first kappa shape index (κ1) is 20.6. The van der Waals surface area contributed by atoms with Gasteiger partial charge in [-0.2, -0.15) is 0 Å². The van der Waals surface area contributed by atoms with E-state index in [4.69, 9.17) is 5.73 Å². The number of carboxylic acid groups (broad SMARTS) is 1. The second kappa shape index (κ2) is 7.57. The monoisotopic (exact) mass is 422 g/mol. The van der Waals surface area contributed by atoms with Crippen LogP contribution in [0.4, 0.5) is 17.3 Å². The minimum Gasteiger partial charge on any atom is -0.477 e. The first-order chi connectivity index (χ1) is 14.7. The molecule has 1 aromatic carbocycles. The number of carbonyl (C=O) groups is 1. The smallest absolute Gasteiger partial charge is 0.341 e. The number of anilines is 3. The SMILES string of the molecule is CC(C)(C)n1cc(C(=O)O)c(=O)c2cc(N)c(N3CCN(c4ncccn4)CC3)cc21. The van der Waals surface area contributed by atoms with Crippen LogP contribution in [0.25, 0.3) is 10.9 Å². The van der Waals surface area contributed by atoms with E-state index in [0.29, 0.717) is 22.5 Å². The fourth-order valence-corrected chi connectivity index (χ4v) is 3.96. The van der Waals surface area contributed by atoms with Gasteiger partial charge >= 0.3 is 5.97 Å². The number of hydrogen-bond acceptors (Lipinski definition) is 7. The molecule has 0 amide bonds. The Hall–Kier alpha value is -3.62. The number of fused-ring (bicyclic) bond motifs is 1. The first-order valence-electron chi connectivity index (χ1n) is 10.2. The molecule has 0 saturated carbocycles. The van der Waals surface area contributed by atoms with Crippen LogP contribution in [0.1, 0.15) is 31.1 Å². The standard InChI is InChI=1S/C22H26N6O3/c1-22(2,3)28-13-15(20(30)31)19(29)14-11-16(23)18(12-17(14)28)26-7-9-27(10-8-26)21-24-5-4-6-25-21/h4-6,11-13H,7-10,23H2,1-3H3,(H,30,31). The fraction of sp³-hybridized carbons (Fsp3) is 0.364. The molecule has 4 rings (SSSR count). The Morgan fingerprint density at radius 1 is 1.06 bits per heavy atom. The lowest BCUT2D eigenvalue weighted by Gasteiger charge is -2.37. The van der Waals surface area contributed by atoms with Crippen LogP contribution in [0.15, 0.2) is 41.6 Å². The molecule has 0 bridgehead atoms. The van der Waals surface area contributed by atoms with E-state index in [1.807, 2.05) is 31.4 Å². The molecule has 162 valence electrons. The Balaban J connectivity index is 1.75. The van der Waals surface area contributed by atoms with Crippen molar-refractivity contribution in [3.05, 3.63) is 52.6 Å². The average Bonchev–Trinajstić information content (AvgIpc) is 2.73. The minimum atomic E-state index is -1.24. The molecule has 1 saturated heterocycles. The topological polar surface area (TPSA) is 118 Å². The third kappa shape index (κ3) is 3.78. The number of pyridine rings is 1. The molecule has 0 atom stereocenters. The third-order valence-electron chi connectivity index (χ3n) is 5.56. The number of rotatable bonds is 3. The van der Waals surface area contributed by atoms with Crippen molar-refractivity contribution < 1.29 is 9.90 Å². The van der Waals surface area contributed by atoms with Gasteiger partial charge in [0.05, 0.1) is 16.9 Å². The predicted octanol–water partition coefficient (Wildman–Crippen LogP) is 2.15. The normalized spacial score (nSPS) is 14.8.